The highest BCUT2D eigenvalue weighted by Crippen LogP contribution is 2.27. The number of nitrogens with zero attached hydrogens (tertiary/aromatic N) is 1. The maximum Gasteiger partial charge on any atom is 0.309 e. The molecule has 0 aliphatic carbocycles. The van der Waals surface area contributed by atoms with E-state index in [1.54, 1.807) is 25.3 Å². The molecule has 0 bridgehead atoms. The zero-order valence-corrected chi connectivity index (χ0v) is 20.7. The number of hydrogen-bond donors (Lipinski definition) is 2. The molecule has 6 atom stereocenters. The summed E-state index contributed by atoms with van der Waals surface area (Å²) in [7, 11) is 0. The van der Waals surface area contributed by atoms with E-state index in [-0.39, 0.29) is 31.1 Å². The first-order valence-electron chi connectivity index (χ1n) is 11.7. The number of hydrogen-bond acceptors (Lipinski definition) is 7. The van der Waals surface area contributed by atoms with Crippen LogP contribution in [0.5, 0.6) is 0 Å². The van der Waals surface area contributed by atoms with Gasteiger partial charge in [0.15, 0.2) is 0 Å². The summed E-state index contributed by atoms with van der Waals surface area (Å²) in [5, 5.41) is 21.2. The third-order valence-corrected chi connectivity index (χ3v) is 5.98. The van der Waals surface area contributed by atoms with Crippen LogP contribution in [0.25, 0.3) is 0 Å². The van der Waals surface area contributed by atoms with Crippen LogP contribution in [0.1, 0.15) is 65.5 Å². The number of esters is 2. The summed E-state index contributed by atoms with van der Waals surface area (Å²) in [6, 6.07) is 5.78. The van der Waals surface area contributed by atoms with Gasteiger partial charge >= 0.3 is 11.9 Å². The predicted molar refractivity (Wildman–Crippen MR) is 130 cm³/mol. The average molecular weight is 472 g/mol. The quantitative estimate of drug-likeness (QED) is 0.379. The third-order valence-electron chi connectivity index (χ3n) is 5.98. The van der Waals surface area contributed by atoms with Gasteiger partial charge < -0.3 is 19.7 Å². The van der Waals surface area contributed by atoms with Crippen molar-refractivity contribution in [2.75, 3.05) is 0 Å². The monoisotopic (exact) mass is 471 g/mol. The first kappa shape index (κ1) is 27.5. The smallest absolute Gasteiger partial charge is 0.309 e. The Morgan fingerprint density at radius 3 is 2.71 bits per heavy atom. The molecule has 0 unspecified atom stereocenters. The second-order valence-electron chi connectivity index (χ2n) is 9.28. The summed E-state index contributed by atoms with van der Waals surface area (Å²) < 4.78 is 11.1. The number of cyclic esters (lactones) is 1. The summed E-state index contributed by atoms with van der Waals surface area (Å²) in [4.78, 5) is 28.5. The van der Waals surface area contributed by atoms with Gasteiger partial charge in [-0.1, -0.05) is 44.2 Å². The minimum absolute atomic E-state index is 0.114. The first-order valence-corrected chi connectivity index (χ1v) is 11.7. The van der Waals surface area contributed by atoms with Crippen molar-refractivity contribution in [3.8, 4) is 0 Å². The van der Waals surface area contributed by atoms with Gasteiger partial charge in [-0.3, -0.25) is 14.6 Å². The van der Waals surface area contributed by atoms with E-state index in [0.29, 0.717) is 0 Å². The molecule has 0 aromatic carbocycles. The molecule has 7 heteroatoms. The van der Waals surface area contributed by atoms with Crippen LogP contribution < -0.4 is 0 Å². The first-order chi connectivity index (χ1) is 16.0. The average Bonchev–Trinajstić information content (AvgIpc) is 2.78. The van der Waals surface area contributed by atoms with Crippen LogP contribution in [0.3, 0.4) is 0 Å². The topological polar surface area (TPSA) is 106 Å². The Kier molecular flexibility index (Phi) is 10.2. The predicted octanol–water partition coefficient (Wildman–Crippen LogP) is 4.02. The Hall–Kier alpha value is -2.77. The lowest BCUT2D eigenvalue weighted by atomic mass is 9.88. The Balaban J connectivity index is 2.29. The van der Waals surface area contributed by atoms with Gasteiger partial charge in [0.05, 0.1) is 12.5 Å². The van der Waals surface area contributed by atoms with E-state index in [4.69, 9.17) is 9.47 Å². The second-order valence-corrected chi connectivity index (χ2v) is 9.28. The van der Waals surface area contributed by atoms with Crippen LogP contribution in [0.15, 0.2) is 60.3 Å². The normalized spacial score (nSPS) is 31.1. The Labute approximate surface area is 202 Å². The van der Waals surface area contributed by atoms with Crippen LogP contribution >= 0.6 is 0 Å². The number of ether oxygens (including phenoxy) is 2. The summed E-state index contributed by atoms with van der Waals surface area (Å²) in [6.07, 6.45) is 8.68. The van der Waals surface area contributed by atoms with Crippen molar-refractivity contribution in [3.63, 3.8) is 0 Å². The number of aliphatic hydroxyl groups is 2. The highest BCUT2D eigenvalue weighted by Gasteiger charge is 2.34. The SMILES string of the molecule is CC(=O)O[C@H]1/C=C/[C@H](C)[C@@H](/C(C)=C/C=C/[C@@H](C)c2ccccn2)OC(=O)C[C@H](O)CC[C@@]1(C)O. The maximum atomic E-state index is 12.5. The van der Waals surface area contributed by atoms with Crippen LogP contribution in [0, 0.1) is 5.92 Å². The second kappa shape index (κ2) is 12.6. The molecular formula is C27H37NO6. The molecule has 0 fully saturated rings. The van der Waals surface area contributed by atoms with Crippen molar-refractivity contribution in [2.45, 2.75) is 83.7 Å². The molecule has 2 heterocycles. The molecule has 34 heavy (non-hydrogen) atoms. The van der Waals surface area contributed by atoms with Crippen molar-refractivity contribution in [1.82, 2.24) is 4.98 Å². The highest BCUT2D eigenvalue weighted by atomic mass is 16.6. The van der Waals surface area contributed by atoms with E-state index in [2.05, 4.69) is 4.98 Å². The largest absolute Gasteiger partial charge is 0.457 e. The molecule has 1 aliphatic rings. The molecule has 1 aromatic rings. The van der Waals surface area contributed by atoms with Crippen LogP contribution in [0.2, 0.25) is 0 Å². The van der Waals surface area contributed by atoms with Crippen LogP contribution in [-0.4, -0.2) is 51.0 Å². The van der Waals surface area contributed by atoms with Crippen LogP contribution in [-0.2, 0) is 19.1 Å². The lowest BCUT2D eigenvalue weighted by molar-refractivity contribution is -0.157. The Bertz CT molecular complexity index is 905. The van der Waals surface area contributed by atoms with Crippen LogP contribution in [0.4, 0.5) is 0 Å². The minimum Gasteiger partial charge on any atom is -0.457 e. The van der Waals surface area contributed by atoms with Gasteiger partial charge in [-0.25, -0.2) is 0 Å². The summed E-state index contributed by atoms with van der Waals surface area (Å²) in [5.74, 6) is -1.18. The molecular weight excluding hydrogens is 434 g/mol. The number of rotatable bonds is 5. The molecule has 1 aromatic heterocycles. The Morgan fingerprint density at radius 1 is 1.32 bits per heavy atom. The molecule has 0 saturated heterocycles. The number of carbonyl (C=O) groups is 2. The molecule has 1 aliphatic heterocycles. The minimum atomic E-state index is -1.39. The van der Waals surface area contributed by atoms with Gasteiger partial charge in [0.2, 0.25) is 0 Å². The zero-order valence-electron chi connectivity index (χ0n) is 20.7. The van der Waals surface area contributed by atoms with Crippen molar-refractivity contribution < 1.29 is 29.3 Å². The molecule has 2 N–H and O–H groups in total. The van der Waals surface area contributed by atoms with Gasteiger partial charge in [0.1, 0.15) is 17.8 Å². The fourth-order valence-corrected chi connectivity index (χ4v) is 3.84. The lowest BCUT2D eigenvalue weighted by Crippen LogP contribution is -2.42. The summed E-state index contributed by atoms with van der Waals surface area (Å²) in [6.45, 7) is 8.65. The van der Waals surface area contributed by atoms with Crippen molar-refractivity contribution in [3.05, 3.63) is 66.0 Å². The maximum absolute atomic E-state index is 12.5. The van der Waals surface area contributed by atoms with Gasteiger partial charge in [-0.2, -0.15) is 0 Å². The zero-order chi connectivity index (χ0) is 25.3. The van der Waals surface area contributed by atoms with E-state index < -0.39 is 35.9 Å². The number of pyridine rings is 1. The van der Waals surface area contributed by atoms with Crippen molar-refractivity contribution in [2.24, 2.45) is 5.92 Å². The molecule has 186 valence electrons. The van der Waals surface area contributed by atoms with E-state index in [0.717, 1.165) is 11.3 Å². The van der Waals surface area contributed by atoms with E-state index in [9.17, 15) is 19.8 Å². The Morgan fingerprint density at radius 2 is 2.06 bits per heavy atom. The third kappa shape index (κ3) is 8.54. The van der Waals surface area contributed by atoms with Crippen molar-refractivity contribution in [1.29, 1.82) is 0 Å². The van der Waals surface area contributed by atoms with Gasteiger partial charge in [-0.15, -0.1) is 0 Å². The lowest BCUT2D eigenvalue weighted by Gasteiger charge is -2.32. The molecule has 0 radical (unpaired) electrons. The van der Waals surface area contributed by atoms with Gasteiger partial charge in [0, 0.05) is 30.7 Å². The highest BCUT2D eigenvalue weighted by molar-refractivity contribution is 5.70. The molecule has 2 rings (SSSR count). The van der Waals surface area contributed by atoms with E-state index >= 15 is 0 Å². The molecule has 7 nitrogen and oxygen atoms in total. The van der Waals surface area contributed by atoms with E-state index in [1.165, 1.54) is 6.92 Å². The number of aliphatic hydroxyl groups excluding tert-OH is 1. The molecule has 0 spiro atoms. The molecule has 0 amide bonds. The standard InChI is InChI=1S/C27H37NO6/c1-18(23-11-6-7-16-28-23)9-8-10-19(2)26-20(3)12-13-24(33-21(4)29)27(5,32)15-14-22(30)17-25(31)34-26/h6-13,16,18,20,22,24,26,30,32H,14-15,17H2,1-5H3/b9-8+,13-12+,19-10+/t18-,20+,22-,24+,26-,27-/m1/s1. The van der Waals surface area contributed by atoms with Crippen molar-refractivity contribution >= 4 is 11.9 Å². The summed E-state index contributed by atoms with van der Waals surface area (Å²) in [5.41, 5.74) is 0.380. The fraction of sp³-hybridized carbons (Fsp3) is 0.519. The van der Waals surface area contributed by atoms with Gasteiger partial charge in [0.25, 0.3) is 0 Å². The number of carbonyl (C=O) groups excluding carboxylic acids is 2. The fourth-order valence-electron chi connectivity index (χ4n) is 3.84. The van der Waals surface area contributed by atoms with Gasteiger partial charge in [-0.05, 0) is 50.5 Å². The number of aromatic nitrogens is 1. The molecule has 0 saturated carbocycles. The summed E-state index contributed by atoms with van der Waals surface area (Å²) >= 11 is 0. The number of allylic oxidation sites excluding steroid dienone is 3. The van der Waals surface area contributed by atoms with E-state index in [1.807, 2.05) is 57.2 Å².